The molecule has 4 heteroatoms. The second kappa shape index (κ2) is 5.53. The monoisotopic (exact) mass is 306 g/mol. The summed E-state index contributed by atoms with van der Waals surface area (Å²) < 4.78 is 8.09. The molecule has 1 fully saturated rings. The predicted octanol–water partition coefficient (Wildman–Crippen LogP) is 4.93. The van der Waals surface area contributed by atoms with Gasteiger partial charge in [0.15, 0.2) is 0 Å². The Labute approximate surface area is 131 Å². The number of ether oxygens (including phenoxy) is 1. The standard InChI is InChI=1S/C17H23ClN2O/c1-4-21-13-8-5-7-12-16(13)19-15(11-18)20(12)14-9-6-10-17(14,2)3/h5,7-8,14H,4,6,9-11H2,1-3H3. The van der Waals surface area contributed by atoms with Crippen LogP contribution in [0.3, 0.4) is 0 Å². The van der Waals surface area contributed by atoms with E-state index in [1.165, 1.54) is 19.3 Å². The van der Waals surface area contributed by atoms with Crippen molar-refractivity contribution in [3.8, 4) is 5.75 Å². The molecule has 1 aromatic carbocycles. The quantitative estimate of drug-likeness (QED) is 0.749. The summed E-state index contributed by atoms with van der Waals surface area (Å²) in [5.74, 6) is 2.25. The minimum absolute atomic E-state index is 0.288. The van der Waals surface area contributed by atoms with Crippen LogP contribution in [0.25, 0.3) is 11.0 Å². The first kappa shape index (κ1) is 14.7. The Morgan fingerprint density at radius 3 is 2.86 bits per heavy atom. The van der Waals surface area contributed by atoms with Crippen molar-refractivity contribution in [3.05, 3.63) is 24.0 Å². The van der Waals surface area contributed by atoms with Gasteiger partial charge >= 0.3 is 0 Å². The van der Waals surface area contributed by atoms with E-state index in [1.807, 2.05) is 19.1 Å². The van der Waals surface area contributed by atoms with Crippen LogP contribution in [0.1, 0.15) is 51.9 Å². The number of nitrogens with zero attached hydrogens (tertiary/aromatic N) is 2. The van der Waals surface area contributed by atoms with Gasteiger partial charge in [-0.15, -0.1) is 11.6 Å². The summed E-state index contributed by atoms with van der Waals surface area (Å²) >= 11 is 6.18. The first-order valence-electron chi connectivity index (χ1n) is 7.77. The highest BCUT2D eigenvalue weighted by Crippen LogP contribution is 2.48. The molecule has 0 N–H and O–H groups in total. The third-order valence-corrected chi connectivity index (χ3v) is 4.93. The van der Waals surface area contributed by atoms with Gasteiger partial charge in [0.1, 0.15) is 17.1 Å². The zero-order valence-electron chi connectivity index (χ0n) is 13.0. The summed E-state index contributed by atoms with van der Waals surface area (Å²) in [6.45, 7) is 7.34. The van der Waals surface area contributed by atoms with Crippen LogP contribution in [0.5, 0.6) is 5.75 Å². The first-order chi connectivity index (χ1) is 10.1. The number of imidazole rings is 1. The number of para-hydroxylation sites is 1. The fourth-order valence-electron chi connectivity index (χ4n) is 3.64. The highest BCUT2D eigenvalue weighted by atomic mass is 35.5. The molecular formula is C17H23ClN2O. The molecule has 3 nitrogen and oxygen atoms in total. The van der Waals surface area contributed by atoms with E-state index >= 15 is 0 Å². The van der Waals surface area contributed by atoms with Gasteiger partial charge in [0.05, 0.1) is 18.0 Å². The molecule has 1 unspecified atom stereocenters. The molecule has 0 amide bonds. The highest BCUT2D eigenvalue weighted by molar-refractivity contribution is 6.16. The lowest BCUT2D eigenvalue weighted by molar-refractivity contribution is 0.262. The SMILES string of the molecule is CCOc1cccc2c1nc(CCl)n2C1CCCC1(C)C. The van der Waals surface area contributed by atoms with E-state index in [1.54, 1.807) is 0 Å². The Hall–Kier alpha value is -1.22. The Balaban J connectivity index is 2.19. The van der Waals surface area contributed by atoms with Gasteiger partial charge in [-0.05, 0) is 37.3 Å². The van der Waals surface area contributed by atoms with Crippen LogP contribution in [-0.4, -0.2) is 16.2 Å². The Bertz CT molecular complexity index is 648. The molecular weight excluding hydrogens is 284 g/mol. The van der Waals surface area contributed by atoms with Crippen LogP contribution in [0.15, 0.2) is 18.2 Å². The molecule has 1 aromatic heterocycles. The number of fused-ring (bicyclic) bond motifs is 1. The van der Waals surface area contributed by atoms with Crippen molar-refractivity contribution >= 4 is 22.6 Å². The zero-order chi connectivity index (χ0) is 15.0. The average Bonchev–Trinajstić information content (AvgIpc) is 2.99. The first-order valence-corrected chi connectivity index (χ1v) is 8.30. The summed E-state index contributed by atoms with van der Waals surface area (Å²) in [7, 11) is 0. The molecule has 21 heavy (non-hydrogen) atoms. The summed E-state index contributed by atoms with van der Waals surface area (Å²) in [5, 5.41) is 0. The van der Waals surface area contributed by atoms with E-state index in [4.69, 9.17) is 21.3 Å². The van der Waals surface area contributed by atoms with E-state index in [0.717, 1.165) is 22.6 Å². The number of alkyl halides is 1. The van der Waals surface area contributed by atoms with Crippen LogP contribution in [0, 0.1) is 5.41 Å². The second-order valence-electron chi connectivity index (χ2n) is 6.49. The molecule has 1 aliphatic rings. The van der Waals surface area contributed by atoms with Crippen molar-refractivity contribution in [1.82, 2.24) is 9.55 Å². The maximum atomic E-state index is 6.18. The van der Waals surface area contributed by atoms with Gasteiger partial charge in [-0.2, -0.15) is 0 Å². The number of halogens is 1. The van der Waals surface area contributed by atoms with Crippen LogP contribution in [0.4, 0.5) is 0 Å². The smallest absolute Gasteiger partial charge is 0.147 e. The van der Waals surface area contributed by atoms with Gasteiger partial charge in [0, 0.05) is 6.04 Å². The van der Waals surface area contributed by atoms with E-state index in [-0.39, 0.29) is 5.41 Å². The Kier molecular flexibility index (Phi) is 3.87. The van der Waals surface area contributed by atoms with Crippen molar-refractivity contribution < 1.29 is 4.74 Å². The average molecular weight is 307 g/mol. The van der Waals surface area contributed by atoms with Crippen LogP contribution >= 0.6 is 11.6 Å². The predicted molar refractivity (Wildman–Crippen MR) is 87.1 cm³/mol. The van der Waals surface area contributed by atoms with Crippen molar-refractivity contribution in [3.63, 3.8) is 0 Å². The molecule has 0 bridgehead atoms. The minimum Gasteiger partial charge on any atom is -0.492 e. The molecule has 1 heterocycles. The lowest BCUT2D eigenvalue weighted by atomic mass is 9.87. The fourth-order valence-corrected chi connectivity index (χ4v) is 3.83. The van der Waals surface area contributed by atoms with E-state index in [9.17, 15) is 0 Å². The maximum absolute atomic E-state index is 6.18. The number of aromatic nitrogens is 2. The normalized spacial score (nSPS) is 21.0. The molecule has 3 rings (SSSR count). The molecule has 0 radical (unpaired) electrons. The molecule has 114 valence electrons. The third kappa shape index (κ3) is 2.42. The van der Waals surface area contributed by atoms with Gasteiger partial charge in [0.25, 0.3) is 0 Å². The molecule has 0 aliphatic heterocycles. The van der Waals surface area contributed by atoms with E-state index in [2.05, 4.69) is 24.5 Å². The Morgan fingerprint density at radius 1 is 1.43 bits per heavy atom. The summed E-state index contributed by atoms with van der Waals surface area (Å²) in [4.78, 5) is 4.77. The lowest BCUT2D eigenvalue weighted by Gasteiger charge is -2.30. The maximum Gasteiger partial charge on any atom is 0.147 e. The van der Waals surface area contributed by atoms with Crippen LogP contribution in [-0.2, 0) is 5.88 Å². The molecule has 0 spiro atoms. The molecule has 1 aliphatic carbocycles. The summed E-state index contributed by atoms with van der Waals surface area (Å²) in [6.07, 6.45) is 3.72. The third-order valence-electron chi connectivity index (χ3n) is 4.69. The molecule has 1 atom stereocenters. The van der Waals surface area contributed by atoms with Crippen molar-refractivity contribution in [2.75, 3.05) is 6.61 Å². The summed E-state index contributed by atoms with van der Waals surface area (Å²) in [6, 6.07) is 6.63. The number of benzene rings is 1. The second-order valence-corrected chi connectivity index (χ2v) is 6.75. The molecule has 1 saturated carbocycles. The fraction of sp³-hybridized carbons (Fsp3) is 0.588. The van der Waals surface area contributed by atoms with Crippen molar-refractivity contribution in [1.29, 1.82) is 0 Å². The number of rotatable bonds is 4. The van der Waals surface area contributed by atoms with Gasteiger partial charge < -0.3 is 9.30 Å². The topological polar surface area (TPSA) is 27.1 Å². The van der Waals surface area contributed by atoms with Crippen molar-refractivity contribution in [2.45, 2.75) is 52.0 Å². The number of hydrogen-bond donors (Lipinski definition) is 0. The van der Waals surface area contributed by atoms with Gasteiger partial charge in [-0.3, -0.25) is 0 Å². The minimum atomic E-state index is 0.288. The lowest BCUT2D eigenvalue weighted by Crippen LogP contribution is -2.22. The molecule has 0 saturated heterocycles. The van der Waals surface area contributed by atoms with Gasteiger partial charge in [-0.1, -0.05) is 26.3 Å². The molecule has 2 aromatic rings. The zero-order valence-corrected chi connectivity index (χ0v) is 13.8. The van der Waals surface area contributed by atoms with E-state index in [0.29, 0.717) is 18.5 Å². The number of hydrogen-bond acceptors (Lipinski definition) is 2. The van der Waals surface area contributed by atoms with Crippen LogP contribution in [0.2, 0.25) is 0 Å². The summed E-state index contributed by atoms with van der Waals surface area (Å²) in [5.41, 5.74) is 2.38. The largest absolute Gasteiger partial charge is 0.492 e. The van der Waals surface area contributed by atoms with E-state index < -0.39 is 0 Å². The van der Waals surface area contributed by atoms with Crippen molar-refractivity contribution in [2.24, 2.45) is 5.41 Å². The Morgan fingerprint density at radius 2 is 2.24 bits per heavy atom. The highest BCUT2D eigenvalue weighted by Gasteiger charge is 2.37. The van der Waals surface area contributed by atoms with Gasteiger partial charge in [-0.25, -0.2) is 4.98 Å². The van der Waals surface area contributed by atoms with Crippen LogP contribution < -0.4 is 4.74 Å². The van der Waals surface area contributed by atoms with Gasteiger partial charge in [0.2, 0.25) is 0 Å².